The van der Waals surface area contributed by atoms with Gasteiger partial charge in [-0.2, -0.15) is 4.31 Å². The number of rotatable bonds is 6. The first-order valence-corrected chi connectivity index (χ1v) is 10.2. The number of benzene rings is 1. The number of nitrogens with zero attached hydrogens (tertiary/aromatic N) is 2. The Kier molecular flexibility index (Phi) is 5.75. The Morgan fingerprint density at radius 1 is 1.41 bits per heavy atom. The first-order valence-electron chi connectivity index (χ1n) is 8.73. The highest BCUT2D eigenvalue weighted by Gasteiger charge is 2.40. The van der Waals surface area contributed by atoms with Gasteiger partial charge in [0, 0.05) is 44.2 Å². The van der Waals surface area contributed by atoms with E-state index in [0.717, 1.165) is 10.4 Å². The minimum absolute atomic E-state index is 0.114. The van der Waals surface area contributed by atoms with Crippen molar-refractivity contribution in [3.63, 3.8) is 0 Å². The normalized spacial score (nSPS) is 26.2. The van der Waals surface area contributed by atoms with Gasteiger partial charge in [0.2, 0.25) is 15.9 Å². The number of hydrogen-bond donors (Lipinski definition) is 3. The molecule has 3 atom stereocenters. The third-order valence-corrected chi connectivity index (χ3v) is 6.89. The van der Waals surface area contributed by atoms with E-state index < -0.39 is 33.0 Å². The monoisotopic (exact) mass is 398 g/mol. The highest BCUT2D eigenvalue weighted by Crippen LogP contribution is 2.28. The van der Waals surface area contributed by atoms with Crippen LogP contribution in [0.25, 0.3) is 0 Å². The van der Waals surface area contributed by atoms with E-state index in [1.54, 1.807) is 0 Å². The average molecular weight is 398 g/mol. The molecule has 0 aromatic heterocycles. The molecule has 2 aliphatic heterocycles. The summed E-state index contributed by atoms with van der Waals surface area (Å²) in [5.41, 5.74) is -0.320. The summed E-state index contributed by atoms with van der Waals surface area (Å²) in [5.74, 6) is -0.530. The number of amides is 1. The second kappa shape index (κ2) is 7.89. The number of aliphatic hydroxyl groups excluding tert-OH is 1. The van der Waals surface area contributed by atoms with Crippen LogP contribution < -0.4 is 10.6 Å². The van der Waals surface area contributed by atoms with Crippen LogP contribution in [0.3, 0.4) is 0 Å². The summed E-state index contributed by atoms with van der Waals surface area (Å²) < 4.78 is 26.9. The molecule has 2 saturated heterocycles. The summed E-state index contributed by atoms with van der Waals surface area (Å²) in [6.45, 7) is 1.49. The molecule has 27 heavy (non-hydrogen) atoms. The summed E-state index contributed by atoms with van der Waals surface area (Å²) in [4.78, 5) is 22.6. The van der Waals surface area contributed by atoms with Crippen LogP contribution >= 0.6 is 0 Å². The quantitative estimate of drug-likeness (QED) is 0.431. The van der Waals surface area contributed by atoms with Gasteiger partial charge in [0.25, 0.3) is 5.69 Å². The molecule has 0 spiro atoms. The Morgan fingerprint density at radius 3 is 2.85 bits per heavy atom. The molecule has 3 rings (SSSR count). The van der Waals surface area contributed by atoms with E-state index in [1.807, 2.05) is 0 Å². The fourth-order valence-corrected chi connectivity index (χ4v) is 5.16. The molecule has 0 saturated carbocycles. The molecule has 2 aliphatic rings. The lowest BCUT2D eigenvalue weighted by Crippen LogP contribution is -2.47. The molecule has 10 nitrogen and oxygen atoms in total. The first kappa shape index (κ1) is 19.7. The van der Waals surface area contributed by atoms with Crippen LogP contribution in [0.5, 0.6) is 0 Å². The van der Waals surface area contributed by atoms with Crippen LogP contribution in [0.4, 0.5) is 5.69 Å². The van der Waals surface area contributed by atoms with Crippen LogP contribution in [0.2, 0.25) is 0 Å². The summed E-state index contributed by atoms with van der Waals surface area (Å²) in [5, 5.41) is 26.5. The van der Waals surface area contributed by atoms with Crippen molar-refractivity contribution in [1.29, 1.82) is 0 Å². The van der Waals surface area contributed by atoms with Gasteiger partial charge in [0.1, 0.15) is 6.04 Å². The first-order chi connectivity index (χ1) is 12.8. The Labute approximate surface area is 156 Å². The topological polar surface area (TPSA) is 142 Å². The standard InChI is InChI=1S/C16H22N4O6S/c21-15-10-17-8-11(15)9-18-16(22)14-5-2-6-19(14)27(25,26)13-4-1-3-12(7-13)20(23)24/h1,3-4,7,11,14-15,17,21H,2,5-6,8-10H2,(H,18,22). The molecule has 0 aliphatic carbocycles. The van der Waals surface area contributed by atoms with Crippen LogP contribution in [0.15, 0.2) is 29.2 Å². The van der Waals surface area contributed by atoms with Gasteiger partial charge < -0.3 is 15.7 Å². The molecule has 1 aromatic rings. The molecule has 2 heterocycles. The number of nitrogens with one attached hydrogen (secondary N) is 2. The third-order valence-electron chi connectivity index (χ3n) is 4.98. The maximum atomic E-state index is 12.9. The Hall–Kier alpha value is -2.08. The van der Waals surface area contributed by atoms with E-state index in [9.17, 15) is 28.4 Å². The molecule has 11 heteroatoms. The zero-order valence-corrected chi connectivity index (χ0v) is 15.4. The maximum Gasteiger partial charge on any atom is 0.270 e. The predicted molar refractivity (Wildman–Crippen MR) is 95.4 cm³/mol. The van der Waals surface area contributed by atoms with Gasteiger partial charge in [-0.25, -0.2) is 8.42 Å². The van der Waals surface area contributed by atoms with Gasteiger partial charge in [-0.05, 0) is 18.9 Å². The number of nitro benzene ring substituents is 1. The van der Waals surface area contributed by atoms with Crippen molar-refractivity contribution >= 4 is 21.6 Å². The van der Waals surface area contributed by atoms with Crippen molar-refractivity contribution in [2.45, 2.75) is 29.9 Å². The smallest absolute Gasteiger partial charge is 0.270 e. The second-order valence-corrected chi connectivity index (χ2v) is 8.65. The Balaban J connectivity index is 1.73. The lowest BCUT2D eigenvalue weighted by Gasteiger charge is -2.24. The van der Waals surface area contributed by atoms with Gasteiger partial charge in [-0.3, -0.25) is 14.9 Å². The van der Waals surface area contributed by atoms with Crippen molar-refractivity contribution in [2.24, 2.45) is 5.92 Å². The molecule has 148 valence electrons. The molecule has 0 radical (unpaired) electrons. The third kappa shape index (κ3) is 4.10. The fraction of sp³-hybridized carbons (Fsp3) is 0.562. The number of nitro groups is 1. The van der Waals surface area contributed by atoms with Crippen molar-refractivity contribution in [2.75, 3.05) is 26.2 Å². The molecule has 0 bridgehead atoms. The van der Waals surface area contributed by atoms with E-state index in [4.69, 9.17) is 0 Å². The van der Waals surface area contributed by atoms with Crippen molar-refractivity contribution in [1.82, 2.24) is 14.9 Å². The number of non-ortho nitro benzene ring substituents is 1. The zero-order valence-electron chi connectivity index (χ0n) is 14.6. The number of sulfonamides is 1. The summed E-state index contributed by atoms with van der Waals surface area (Å²) in [6.07, 6.45) is 0.365. The second-order valence-electron chi connectivity index (χ2n) is 6.76. The van der Waals surface area contributed by atoms with Crippen LogP contribution in [0, 0.1) is 16.0 Å². The molecule has 1 aromatic carbocycles. The molecular formula is C16H22N4O6S. The largest absolute Gasteiger partial charge is 0.391 e. The molecule has 3 N–H and O–H groups in total. The van der Waals surface area contributed by atoms with E-state index in [-0.39, 0.29) is 29.6 Å². The van der Waals surface area contributed by atoms with E-state index in [0.29, 0.717) is 25.9 Å². The summed E-state index contributed by atoms with van der Waals surface area (Å²) in [7, 11) is -4.03. The maximum absolute atomic E-state index is 12.9. The van der Waals surface area contributed by atoms with Crippen molar-refractivity contribution in [3.05, 3.63) is 34.4 Å². The van der Waals surface area contributed by atoms with Gasteiger partial charge in [0.05, 0.1) is 15.9 Å². The van der Waals surface area contributed by atoms with Crippen LogP contribution in [-0.2, 0) is 14.8 Å². The summed E-state index contributed by atoms with van der Waals surface area (Å²) in [6, 6.07) is 3.96. The van der Waals surface area contributed by atoms with Crippen molar-refractivity contribution in [3.8, 4) is 0 Å². The average Bonchev–Trinajstić information content (AvgIpc) is 3.29. The molecular weight excluding hydrogens is 376 g/mol. The fourth-order valence-electron chi connectivity index (χ4n) is 3.46. The van der Waals surface area contributed by atoms with Gasteiger partial charge >= 0.3 is 0 Å². The van der Waals surface area contributed by atoms with Crippen LogP contribution in [-0.4, -0.2) is 67.0 Å². The Morgan fingerprint density at radius 2 is 2.19 bits per heavy atom. The molecule has 2 fully saturated rings. The Bertz CT molecular complexity index is 830. The molecule has 1 amide bonds. The van der Waals surface area contributed by atoms with Gasteiger partial charge in [-0.1, -0.05) is 6.07 Å². The van der Waals surface area contributed by atoms with E-state index in [1.165, 1.54) is 18.2 Å². The number of β-amino-alcohol motifs (C(OH)–C–C–N with tert-alkyl or cyclic N) is 1. The van der Waals surface area contributed by atoms with E-state index in [2.05, 4.69) is 10.6 Å². The lowest BCUT2D eigenvalue weighted by molar-refractivity contribution is -0.385. The zero-order chi connectivity index (χ0) is 19.6. The van der Waals surface area contributed by atoms with Crippen molar-refractivity contribution < 1.29 is 23.2 Å². The number of hydrogen-bond acceptors (Lipinski definition) is 7. The SMILES string of the molecule is O=C(NCC1CNCC1O)C1CCCN1S(=O)(=O)c1cccc([N+](=O)[O-])c1. The van der Waals surface area contributed by atoms with E-state index >= 15 is 0 Å². The number of aliphatic hydroxyl groups is 1. The number of carbonyl (C=O) groups excluding carboxylic acids is 1. The minimum atomic E-state index is -4.03. The molecule has 3 unspecified atom stereocenters. The lowest BCUT2D eigenvalue weighted by atomic mass is 10.1. The van der Waals surface area contributed by atoms with Crippen LogP contribution in [0.1, 0.15) is 12.8 Å². The summed E-state index contributed by atoms with van der Waals surface area (Å²) >= 11 is 0. The minimum Gasteiger partial charge on any atom is -0.391 e. The highest BCUT2D eigenvalue weighted by molar-refractivity contribution is 7.89. The highest BCUT2D eigenvalue weighted by atomic mass is 32.2. The van der Waals surface area contributed by atoms with Gasteiger partial charge in [-0.15, -0.1) is 0 Å². The number of carbonyl (C=O) groups is 1. The predicted octanol–water partition coefficient (Wildman–Crippen LogP) is -0.556. The van der Waals surface area contributed by atoms with Gasteiger partial charge in [0.15, 0.2) is 0 Å².